The Morgan fingerprint density at radius 2 is 2.47 bits per heavy atom. The largest absolute Gasteiger partial charge is 0.384 e. The van der Waals surface area contributed by atoms with Crippen LogP contribution in [0.3, 0.4) is 0 Å². The normalized spacial score (nSPS) is 22.6. The predicted octanol–water partition coefficient (Wildman–Crippen LogP) is 1.17. The van der Waals surface area contributed by atoms with Gasteiger partial charge in [0.25, 0.3) is 0 Å². The number of likely N-dealkylation sites (tertiary alicyclic amines) is 1. The molecule has 3 N–H and O–H groups in total. The van der Waals surface area contributed by atoms with Gasteiger partial charge in [0.05, 0.1) is 0 Å². The second-order valence-electron chi connectivity index (χ2n) is 4.22. The fourth-order valence-corrected chi connectivity index (χ4v) is 2.06. The first-order valence-corrected chi connectivity index (χ1v) is 5.40. The van der Waals surface area contributed by atoms with E-state index in [0.29, 0.717) is 11.9 Å². The Bertz CT molecular complexity index is 326. The SMILES string of the molecule is CN1CCCC(Nc2ccnc(N)c2)C1. The van der Waals surface area contributed by atoms with Crippen molar-refractivity contribution in [2.24, 2.45) is 0 Å². The van der Waals surface area contributed by atoms with Crippen molar-refractivity contribution in [1.29, 1.82) is 0 Å². The highest BCUT2D eigenvalue weighted by Crippen LogP contribution is 2.15. The third-order valence-corrected chi connectivity index (χ3v) is 2.78. The van der Waals surface area contributed by atoms with Gasteiger partial charge < -0.3 is 16.0 Å². The van der Waals surface area contributed by atoms with E-state index < -0.39 is 0 Å². The van der Waals surface area contributed by atoms with Crippen LogP contribution in [0.2, 0.25) is 0 Å². The van der Waals surface area contributed by atoms with Gasteiger partial charge in [-0.15, -0.1) is 0 Å². The first-order chi connectivity index (χ1) is 7.24. The van der Waals surface area contributed by atoms with Crippen LogP contribution in [0.4, 0.5) is 11.5 Å². The van der Waals surface area contributed by atoms with Crippen molar-refractivity contribution in [2.45, 2.75) is 18.9 Å². The lowest BCUT2D eigenvalue weighted by Crippen LogP contribution is -2.39. The van der Waals surface area contributed by atoms with Gasteiger partial charge in [0.1, 0.15) is 5.82 Å². The summed E-state index contributed by atoms with van der Waals surface area (Å²) in [5.41, 5.74) is 6.70. The lowest BCUT2D eigenvalue weighted by molar-refractivity contribution is 0.261. The van der Waals surface area contributed by atoms with Crippen molar-refractivity contribution in [3.63, 3.8) is 0 Å². The zero-order valence-corrected chi connectivity index (χ0v) is 9.11. The van der Waals surface area contributed by atoms with Crippen molar-refractivity contribution < 1.29 is 0 Å². The van der Waals surface area contributed by atoms with Gasteiger partial charge >= 0.3 is 0 Å². The highest BCUT2D eigenvalue weighted by molar-refractivity contribution is 5.50. The average Bonchev–Trinajstić information content (AvgIpc) is 2.17. The molecule has 4 heteroatoms. The van der Waals surface area contributed by atoms with Crippen molar-refractivity contribution in [3.05, 3.63) is 18.3 Å². The minimum atomic E-state index is 0.533. The number of piperidine rings is 1. The Labute approximate surface area is 90.5 Å². The van der Waals surface area contributed by atoms with Crippen molar-refractivity contribution in [1.82, 2.24) is 9.88 Å². The molecule has 0 amide bonds. The van der Waals surface area contributed by atoms with E-state index in [2.05, 4.69) is 22.2 Å². The summed E-state index contributed by atoms with van der Waals surface area (Å²) in [5.74, 6) is 0.573. The molecule has 82 valence electrons. The quantitative estimate of drug-likeness (QED) is 0.762. The van der Waals surface area contributed by atoms with Crippen molar-refractivity contribution in [3.8, 4) is 0 Å². The molecule has 1 saturated heterocycles. The third kappa shape index (κ3) is 2.83. The molecular formula is C11H18N4. The minimum Gasteiger partial charge on any atom is -0.384 e. The number of nitrogens with one attached hydrogen (secondary N) is 1. The summed E-state index contributed by atoms with van der Waals surface area (Å²) in [6, 6.07) is 4.38. The summed E-state index contributed by atoms with van der Waals surface area (Å²) >= 11 is 0. The smallest absolute Gasteiger partial charge is 0.125 e. The van der Waals surface area contributed by atoms with E-state index >= 15 is 0 Å². The average molecular weight is 206 g/mol. The van der Waals surface area contributed by atoms with Crippen LogP contribution < -0.4 is 11.1 Å². The van der Waals surface area contributed by atoms with Gasteiger partial charge in [0, 0.05) is 30.5 Å². The number of nitrogens with two attached hydrogens (primary N) is 1. The first kappa shape index (κ1) is 10.2. The van der Waals surface area contributed by atoms with Crippen LogP contribution >= 0.6 is 0 Å². The molecule has 1 aromatic rings. The van der Waals surface area contributed by atoms with Gasteiger partial charge in [0.15, 0.2) is 0 Å². The molecule has 2 rings (SSSR count). The molecule has 1 aromatic heterocycles. The number of nitrogen functional groups attached to an aromatic ring is 1. The number of rotatable bonds is 2. The van der Waals surface area contributed by atoms with Crippen LogP contribution in [0.15, 0.2) is 18.3 Å². The van der Waals surface area contributed by atoms with Gasteiger partial charge in [-0.25, -0.2) is 4.98 Å². The number of likely N-dealkylation sites (N-methyl/N-ethyl adjacent to an activating group) is 1. The highest BCUT2D eigenvalue weighted by atomic mass is 15.1. The van der Waals surface area contributed by atoms with Gasteiger partial charge in [-0.3, -0.25) is 0 Å². The third-order valence-electron chi connectivity index (χ3n) is 2.78. The Kier molecular flexibility index (Phi) is 3.06. The Hall–Kier alpha value is -1.29. The summed E-state index contributed by atoms with van der Waals surface area (Å²) in [7, 11) is 2.16. The number of anilines is 2. The van der Waals surface area contributed by atoms with E-state index in [9.17, 15) is 0 Å². The van der Waals surface area contributed by atoms with E-state index in [1.807, 2.05) is 12.1 Å². The van der Waals surface area contributed by atoms with Crippen LogP contribution in [-0.2, 0) is 0 Å². The summed E-state index contributed by atoms with van der Waals surface area (Å²) in [6.07, 6.45) is 4.23. The van der Waals surface area contributed by atoms with Gasteiger partial charge in [0.2, 0.25) is 0 Å². The summed E-state index contributed by atoms with van der Waals surface area (Å²) in [5, 5.41) is 3.49. The van der Waals surface area contributed by atoms with Crippen molar-refractivity contribution in [2.75, 3.05) is 31.2 Å². The lowest BCUT2D eigenvalue weighted by Gasteiger charge is -2.30. The maximum atomic E-state index is 5.63. The van der Waals surface area contributed by atoms with Crippen LogP contribution in [0, 0.1) is 0 Å². The molecule has 1 atom stereocenters. The zero-order chi connectivity index (χ0) is 10.7. The van der Waals surface area contributed by atoms with Gasteiger partial charge in [-0.1, -0.05) is 0 Å². The fourth-order valence-electron chi connectivity index (χ4n) is 2.06. The predicted molar refractivity (Wildman–Crippen MR) is 62.8 cm³/mol. The molecule has 1 unspecified atom stereocenters. The standard InChI is InChI=1S/C11H18N4/c1-15-6-2-3-10(8-15)14-9-4-5-13-11(12)7-9/h4-5,7,10H,2-3,6,8H2,1H3,(H3,12,13,14). The van der Waals surface area contributed by atoms with E-state index in [4.69, 9.17) is 5.73 Å². The van der Waals surface area contributed by atoms with Crippen molar-refractivity contribution >= 4 is 11.5 Å². The number of nitrogens with zero attached hydrogens (tertiary/aromatic N) is 2. The summed E-state index contributed by atoms with van der Waals surface area (Å²) in [6.45, 7) is 2.30. The lowest BCUT2D eigenvalue weighted by atomic mass is 10.1. The minimum absolute atomic E-state index is 0.533. The summed E-state index contributed by atoms with van der Waals surface area (Å²) < 4.78 is 0. The molecule has 4 nitrogen and oxygen atoms in total. The molecular weight excluding hydrogens is 188 g/mol. The van der Waals surface area contributed by atoms with Gasteiger partial charge in [-0.05, 0) is 32.5 Å². The molecule has 1 fully saturated rings. The molecule has 0 saturated carbocycles. The molecule has 0 aliphatic carbocycles. The maximum absolute atomic E-state index is 5.63. The molecule has 0 radical (unpaired) electrons. The monoisotopic (exact) mass is 206 g/mol. The number of pyridine rings is 1. The van der Waals surface area contributed by atoms with E-state index in [1.54, 1.807) is 6.20 Å². The molecule has 0 aromatic carbocycles. The van der Waals surface area contributed by atoms with E-state index in [0.717, 1.165) is 12.2 Å². The molecule has 2 heterocycles. The molecule has 15 heavy (non-hydrogen) atoms. The Balaban J connectivity index is 1.96. The molecule has 0 spiro atoms. The Morgan fingerprint density at radius 3 is 3.20 bits per heavy atom. The maximum Gasteiger partial charge on any atom is 0.125 e. The topological polar surface area (TPSA) is 54.2 Å². The van der Waals surface area contributed by atoms with E-state index in [1.165, 1.54) is 19.4 Å². The van der Waals surface area contributed by atoms with Crippen LogP contribution in [0.5, 0.6) is 0 Å². The highest BCUT2D eigenvalue weighted by Gasteiger charge is 2.16. The second-order valence-corrected chi connectivity index (χ2v) is 4.22. The van der Waals surface area contributed by atoms with Gasteiger partial charge in [-0.2, -0.15) is 0 Å². The first-order valence-electron chi connectivity index (χ1n) is 5.40. The second kappa shape index (κ2) is 4.49. The molecule has 1 aliphatic rings. The zero-order valence-electron chi connectivity index (χ0n) is 9.11. The number of hydrogen-bond donors (Lipinski definition) is 2. The summed E-state index contributed by atoms with van der Waals surface area (Å²) in [4.78, 5) is 6.33. The van der Waals surface area contributed by atoms with Crippen LogP contribution in [-0.4, -0.2) is 36.1 Å². The van der Waals surface area contributed by atoms with E-state index in [-0.39, 0.29) is 0 Å². The number of aromatic nitrogens is 1. The Morgan fingerprint density at radius 1 is 1.60 bits per heavy atom. The van der Waals surface area contributed by atoms with Crippen LogP contribution in [0.1, 0.15) is 12.8 Å². The molecule has 0 bridgehead atoms. The number of hydrogen-bond acceptors (Lipinski definition) is 4. The fraction of sp³-hybridized carbons (Fsp3) is 0.545. The van der Waals surface area contributed by atoms with Crippen LogP contribution in [0.25, 0.3) is 0 Å². The molecule has 1 aliphatic heterocycles.